The van der Waals surface area contributed by atoms with Gasteiger partial charge in [-0.1, -0.05) is 59.6 Å². The molecule has 6 N–H and O–H groups in total. The summed E-state index contributed by atoms with van der Waals surface area (Å²) in [5.74, 6) is -3.73. The molecule has 304 valence electrons. The normalized spacial score (nSPS) is 16.7. The Hall–Kier alpha value is -4.70. The number of nitrogens with two attached hydrogens (primary N) is 2. The van der Waals surface area contributed by atoms with Crippen LogP contribution in [0.4, 0.5) is 0 Å². The number of carbonyl (C=O) groups is 4. The van der Waals surface area contributed by atoms with Gasteiger partial charge in [-0.25, -0.2) is 19.2 Å². The summed E-state index contributed by atoms with van der Waals surface area (Å²) in [6.07, 6.45) is 0. The number of rotatable bonds is 16. The Kier molecular flexibility index (Phi) is 18.6. The molecule has 2 aliphatic heterocycles. The van der Waals surface area contributed by atoms with Crippen LogP contribution in [-0.4, -0.2) is 90.8 Å². The Labute approximate surface area is 337 Å². The SMILES string of the molecule is CCOC(=O)C1=C(COCCN)NC(C)=C(C(=O)OC)C1c1ccccc1Cl.CCOC(=O)C1=C(COCCN)NC(C)=C(C(=O)OC)C1c1ccccc1Cl. The molecule has 0 radical (unpaired) electrons. The summed E-state index contributed by atoms with van der Waals surface area (Å²) in [6.45, 7) is 8.83. The quantitative estimate of drug-likeness (QED) is 0.105. The zero-order valence-corrected chi connectivity index (χ0v) is 33.9. The lowest BCUT2D eigenvalue weighted by Crippen LogP contribution is -2.35. The fourth-order valence-electron chi connectivity index (χ4n) is 6.24. The van der Waals surface area contributed by atoms with Gasteiger partial charge in [0, 0.05) is 34.5 Å². The summed E-state index contributed by atoms with van der Waals surface area (Å²) in [6, 6.07) is 14.1. The van der Waals surface area contributed by atoms with E-state index in [4.69, 9.17) is 63.1 Å². The van der Waals surface area contributed by atoms with E-state index in [-0.39, 0.29) is 37.6 Å². The van der Waals surface area contributed by atoms with E-state index in [1.807, 2.05) is 0 Å². The first-order valence-corrected chi connectivity index (χ1v) is 18.6. The highest BCUT2D eigenvalue weighted by molar-refractivity contribution is 6.32. The maximum atomic E-state index is 12.9. The minimum atomic E-state index is -0.752. The van der Waals surface area contributed by atoms with Gasteiger partial charge in [0.1, 0.15) is 0 Å². The first kappa shape index (κ1) is 45.7. The number of benzene rings is 2. The summed E-state index contributed by atoms with van der Waals surface area (Å²) in [5.41, 5.74) is 15.4. The highest BCUT2D eigenvalue weighted by Gasteiger charge is 2.41. The fraction of sp³-hybridized carbons (Fsp3) is 0.400. The van der Waals surface area contributed by atoms with Gasteiger partial charge in [0.15, 0.2) is 0 Å². The Bertz CT molecular complexity index is 1740. The second-order valence-electron chi connectivity index (χ2n) is 12.1. The molecule has 2 heterocycles. The molecule has 4 rings (SSSR count). The number of carbonyl (C=O) groups excluding carboxylic acids is 4. The van der Waals surface area contributed by atoms with Crippen molar-refractivity contribution < 1.29 is 47.6 Å². The molecular weight excluding hydrogens is 767 g/mol. The first-order chi connectivity index (χ1) is 26.9. The Morgan fingerprint density at radius 1 is 0.607 bits per heavy atom. The van der Waals surface area contributed by atoms with Crippen molar-refractivity contribution >= 4 is 47.1 Å². The van der Waals surface area contributed by atoms with Crippen LogP contribution in [0.1, 0.15) is 50.7 Å². The Balaban J connectivity index is 0.000000300. The summed E-state index contributed by atoms with van der Waals surface area (Å²) in [7, 11) is 2.58. The van der Waals surface area contributed by atoms with Gasteiger partial charge in [-0.05, 0) is 51.0 Å². The van der Waals surface area contributed by atoms with Crippen molar-refractivity contribution in [1.82, 2.24) is 10.6 Å². The first-order valence-electron chi connectivity index (χ1n) is 17.9. The van der Waals surface area contributed by atoms with E-state index in [1.165, 1.54) is 14.2 Å². The average molecular weight is 818 g/mol. The molecule has 2 aromatic carbocycles. The molecule has 56 heavy (non-hydrogen) atoms. The van der Waals surface area contributed by atoms with Crippen LogP contribution in [0.25, 0.3) is 0 Å². The standard InChI is InChI=1S/2C20H25ClN2O5/c2*1-4-28-20(25)18-15(11-27-10-9-22)23-12(2)16(19(24)26-3)17(18)13-7-5-6-8-14(13)21/h2*5-8,17,23H,4,9-11,22H2,1-3H3. The van der Waals surface area contributed by atoms with Crippen LogP contribution in [0.2, 0.25) is 10.0 Å². The molecule has 0 aromatic heterocycles. The molecule has 0 bridgehead atoms. The van der Waals surface area contributed by atoms with Crippen molar-refractivity contribution in [3.63, 3.8) is 0 Å². The van der Waals surface area contributed by atoms with Crippen LogP contribution in [-0.2, 0) is 47.6 Å². The molecule has 2 aliphatic rings. The van der Waals surface area contributed by atoms with E-state index in [0.717, 1.165) is 0 Å². The number of allylic oxidation sites excluding steroid dienone is 2. The van der Waals surface area contributed by atoms with Crippen molar-refractivity contribution in [3.05, 3.63) is 115 Å². The van der Waals surface area contributed by atoms with E-state index < -0.39 is 35.7 Å². The maximum Gasteiger partial charge on any atom is 0.336 e. The van der Waals surface area contributed by atoms with Gasteiger partial charge in [0.2, 0.25) is 0 Å². The lowest BCUT2D eigenvalue weighted by Gasteiger charge is -2.31. The molecule has 0 aliphatic carbocycles. The molecule has 0 amide bonds. The number of nitrogens with one attached hydrogen (secondary N) is 2. The lowest BCUT2D eigenvalue weighted by molar-refractivity contribution is -0.140. The summed E-state index contributed by atoms with van der Waals surface area (Å²) in [4.78, 5) is 50.9. The molecule has 0 spiro atoms. The molecule has 16 heteroatoms. The van der Waals surface area contributed by atoms with E-state index in [9.17, 15) is 19.2 Å². The molecule has 2 atom stereocenters. The van der Waals surface area contributed by atoms with Crippen molar-refractivity contribution in [3.8, 4) is 0 Å². The molecule has 14 nitrogen and oxygen atoms in total. The number of hydrogen-bond donors (Lipinski definition) is 4. The lowest BCUT2D eigenvalue weighted by atomic mass is 9.80. The maximum absolute atomic E-state index is 12.9. The Morgan fingerprint density at radius 3 is 1.27 bits per heavy atom. The summed E-state index contributed by atoms with van der Waals surface area (Å²) >= 11 is 12.8. The Morgan fingerprint density at radius 2 is 0.964 bits per heavy atom. The summed E-state index contributed by atoms with van der Waals surface area (Å²) < 4.78 is 31.6. The number of dihydropyridines is 2. The van der Waals surface area contributed by atoms with Gasteiger partial charge >= 0.3 is 23.9 Å². The van der Waals surface area contributed by atoms with Crippen molar-refractivity contribution in [1.29, 1.82) is 0 Å². The second-order valence-corrected chi connectivity index (χ2v) is 12.9. The molecule has 0 saturated carbocycles. The van der Waals surface area contributed by atoms with Crippen molar-refractivity contribution in [2.45, 2.75) is 39.5 Å². The van der Waals surface area contributed by atoms with Crippen LogP contribution in [0.5, 0.6) is 0 Å². The third-order valence-electron chi connectivity index (χ3n) is 8.54. The van der Waals surface area contributed by atoms with Crippen LogP contribution in [0, 0.1) is 0 Å². The van der Waals surface area contributed by atoms with Gasteiger partial charge in [-0.15, -0.1) is 0 Å². The molecular formula is C40H50Cl2N4O10. The van der Waals surface area contributed by atoms with Gasteiger partial charge in [-0.2, -0.15) is 0 Å². The van der Waals surface area contributed by atoms with Crippen LogP contribution in [0.3, 0.4) is 0 Å². The van der Waals surface area contributed by atoms with E-state index >= 15 is 0 Å². The van der Waals surface area contributed by atoms with Crippen LogP contribution < -0.4 is 22.1 Å². The van der Waals surface area contributed by atoms with Gasteiger partial charge in [0.05, 0.1) is 99.4 Å². The molecule has 2 aromatic rings. The second kappa shape index (κ2) is 22.8. The van der Waals surface area contributed by atoms with Crippen molar-refractivity contribution in [2.75, 3.05) is 67.0 Å². The zero-order chi connectivity index (χ0) is 41.4. The van der Waals surface area contributed by atoms with Gasteiger partial charge in [-0.3, -0.25) is 0 Å². The van der Waals surface area contributed by atoms with Crippen molar-refractivity contribution in [2.24, 2.45) is 11.5 Å². The minimum Gasteiger partial charge on any atom is -0.466 e. The third kappa shape index (κ3) is 11.2. The highest BCUT2D eigenvalue weighted by atomic mass is 35.5. The largest absolute Gasteiger partial charge is 0.466 e. The van der Waals surface area contributed by atoms with Gasteiger partial charge < -0.3 is 50.5 Å². The molecule has 0 saturated heterocycles. The fourth-order valence-corrected chi connectivity index (χ4v) is 6.73. The van der Waals surface area contributed by atoms with Crippen LogP contribution >= 0.6 is 23.2 Å². The highest BCUT2D eigenvalue weighted by Crippen LogP contribution is 2.43. The zero-order valence-electron chi connectivity index (χ0n) is 32.4. The monoisotopic (exact) mass is 816 g/mol. The molecule has 2 unspecified atom stereocenters. The number of ether oxygens (including phenoxy) is 6. The minimum absolute atomic E-state index is 0.109. The number of halogens is 2. The number of esters is 4. The summed E-state index contributed by atoms with van der Waals surface area (Å²) in [5, 5.41) is 7.04. The number of hydrogen-bond acceptors (Lipinski definition) is 14. The predicted octanol–water partition coefficient (Wildman–Crippen LogP) is 4.53. The topological polar surface area (TPSA) is 200 Å². The third-order valence-corrected chi connectivity index (χ3v) is 9.23. The van der Waals surface area contributed by atoms with E-state index in [1.54, 1.807) is 76.2 Å². The number of methoxy groups -OCH3 is 2. The van der Waals surface area contributed by atoms with E-state index in [0.29, 0.717) is 81.4 Å². The van der Waals surface area contributed by atoms with Gasteiger partial charge in [0.25, 0.3) is 0 Å². The predicted molar refractivity (Wildman–Crippen MR) is 211 cm³/mol. The van der Waals surface area contributed by atoms with Crippen LogP contribution in [0.15, 0.2) is 93.6 Å². The average Bonchev–Trinajstić information content (AvgIpc) is 3.18. The molecule has 0 fully saturated rings. The smallest absolute Gasteiger partial charge is 0.336 e. The van der Waals surface area contributed by atoms with E-state index in [2.05, 4.69) is 10.6 Å².